The highest BCUT2D eigenvalue weighted by atomic mass is 32.2. The number of alkyl halides is 2. The third kappa shape index (κ3) is 9.91. The van der Waals surface area contributed by atoms with Crippen LogP contribution in [0.2, 0.25) is 0 Å². The molecule has 17 nitrogen and oxygen atoms in total. The number of rotatable bonds is 14. The van der Waals surface area contributed by atoms with Gasteiger partial charge in [-0.25, -0.2) is 27.5 Å². The van der Waals surface area contributed by atoms with E-state index in [9.17, 15) is 41.5 Å². The summed E-state index contributed by atoms with van der Waals surface area (Å²) in [5.74, 6) is -4.04. The molecule has 5 aromatic rings. The van der Waals surface area contributed by atoms with Crippen molar-refractivity contribution in [2.24, 2.45) is 0 Å². The maximum Gasteiger partial charge on any atom is 0.301 e. The van der Waals surface area contributed by atoms with Crippen LogP contribution in [-0.4, -0.2) is 126 Å². The normalized spacial score (nSPS) is 17.9. The van der Waals surface area contributed by atoms with E-state index in [1.54, 1.807) is 59.4 Å². The van der Waals surface area contributed by atoms with Crippen molar-refractivity contribution in [3.05, 3.63) is 95.4 Å². The van der Waals surface area contributed by atoms with Gasteiger partial charge in [0, 0.05) is 117 Å². The monoisotopic (exact) mass is 948 g/mol. The quantitative estimate of drug-likeness (QED) is 0.0568. The number of ketones is 1. The van der Waals surface area contributed by atoms with Gasteiger partial charge < -0.3 is 30.1 Å². The van der Waals surface area contributed by atoms with Gasteiger partial charge in [-0.15, -0.1) is 0 Å². The number of H-pyrrole nitrogens is 1. The second-order valence-corrected chi connectivity index (χ2v) is 18.6. The van der Waals surface area contributed by atoms with E-state index in [-0.39, 0.29) is 85.7 Å². The third-order valence-corrected chi connectivity index (χ3v) is 14.1. The third-order valence-electron chi connectivity index (χ3n) is 12.6. The van der Waals surface area contributed by atoms with Gasteiger partial charge in [0.1, 0.15) is 23.3 Å². The van der Waals surface area contributed by atoms with Crippen molar-refractivity contribution in [2.45, 2.75) is 57.1 Å². The van der Waals surface area contributed by atoms with Gasteiger partial charge in [0.05, 0.1) is 23.3 Å². The van der Waals surface area contributed by atoms with Crippen LogP contribution in [0.15, 0.2) is 67.1 Å². The van der Waals surface area contributed by atoms with E-state index in [0.717, 1.165) is 16.4 Å². The van der Waals surface area contributed by atoms with Crippen molar-refractivity contribution in [1.82, 2.24) is 29.5 Å². The Kier molecular flexibility index (Phi) is 13.2. The van der Waals surface area contributed by atoms with Gasteiger partial charge in [-0.1, -0.05) is 6.92 Å². The zero-order chi connectivity index (χ0) is 47.8. The van der Waals surface area contributed by atoms with E-state index in [4.69, 9.17) is 0 Å². The summed E-state index contributed by atoms with van der Waals surface area (Å²) in [6.45, 7) is 3.81. The van der Waals surface area contributed by atoms with Crippen molar-refractivity contribution in [3.63, 3.8) is 0 Å². The zero-order valence-electron chi connectivity index (χ0n) is 36.5. The Balaban J connectivity index is 0.860. The highest BCUT2D eigenvalue weighted by molar-refractivity contribution is 7.90. The van der Waals surface area contributed by atoms with E-state index in [2.05, 4.69) is 30.3 Å². The van der Waals surface area contributed by atoms with Gasteiger partial charge in [-0.3, -0.25) is 29.2 Å². The largest absolute Gasteiger partial charge is 0.389 e. The number of aliphatic hydroxyl groups is 1. The number of nitrogens with one attached hydrogen (secondary N) is 4. The van der Waals surface area contributed by atoms with E-state index < -0.39 is 62.9 Å². The molecule has 3 saturated heterocycles. The molecule has 22 heteroatoms. The first kappa shape index (κ1) is 46.9. The van der Waals surface area contributed by atoms with Gasteiger partial charge in [0.15, 0.2) is 5.82 Å². The number of piperidine rings is 2. The molecule has 0 bridgehead atoms. The molecular formula is C45H48F4N10O7S. The molecule has 3 amide bonds. The Hall–Kier alpha value is -6.65. The number of nitrogens with zero attached hydrogens (tertiary/aromatic N) is 6. The minimum absolute atomic E-state index is 0.0813. The average Bonchev–Trinajstić information content (AvgIpc) is 3.74. The fourth-order valence-corrected chi connectivity index (χ4v) is 9.44. The predicted octanol–water partition coefficient (Wildman–Crippen LogP) is 4.97. The number of pyridine rings is 2. The number of aromatic nitrogens is 3. The highest BCUT2D eigenvalue weighted by Gasteiger charge is 2.38. The van der Waals surface area contributed by atoms with Gasteiger partial charge in [0.25, 0.3) is 6.43 Å². The van der Waals surface area contributed by atoms with Crippen LogP contribution in [-0.2, 0) is 24.6 Å². The summed E-state index contributed by atoms with van der Waals surface area (Å²) in [6.07, 6.45) is 2.28. The Bertz CT molecular complexity index is 2830. The van der Waals surface area contributed by atoms with E-state index in [1.165, 1.54) is 19.3 Å². The molecule has 1 unspecified atom stereocenters. The number of hydrogen-bond donors (Lipinski definition) is 5. The van der Waals surface area contributed by atoms with Crippen molar-refractivity contribution < 1.29 is 50.3 Å². The fraction of sp³-hybridized carbons (Fsp3) is 0.378. The number of benzene rings is 2. The number of imide groups is 1. The molecule has 5 N–H and O–H groups in total. The summed E-state index contributed by atoms with van der Waals surface area (Å²) in [5, 5.41) is 16.9. The van der Waals surface area contributed by atoms with Gasteiger partial charge in [0.2, 0.25) is 23.5 Å². The van der Waals surface area contributed by atoms with Crippen LogP contribution < -0.4 is 25.2 Å². The summed E-state index contributed by atoms with van der Waals surface area (Å²) in [7, 11) is -2.90. The van der Waals surface area contributed by atoms with Gasteiger partial charge >= 0.3 is 10.2 Å². The Morgan fingerprint density at radius 3 is 2.36 bits per heavy atom. The van der Waals surface area contributed by atoms with E-state index in [1.807, 2.05) is 4.90 Å². The molecule has 3 aliphatic heterocycles. The summed E-state index contributed by atoms with van der Waals surface area (Å²) in [4.78, 5) is 68.2. The first-order valence-electron chi connectivity index (χ1n) is 21.7. The van der Waals surface area contributed by atoms with Crippen LogP contribution in [0.25, 0.3) is 22.2 Å². The fourth-order valence-electron chi connectivity index (χ4n) is 8.51. The van der Waals surface area contributed by atoms with E-state index in [0.29, 0.717) is 54.5 Å². The van der Waals surface area contributed by atoms with E-state index >= 15 is 8.78 Å². The van der Waals surface area contributed by atoms with Crippen LogP contribution >= 0.6 is 0 Å². The first-order valence-corrected chi connectivity index (χ1v) is 23.1. The molecule has 1 atom stereocenters. The molecule has 3 aromatic heterocycles. The molecule has 3 aliphatic rings. The number of halogens is 4. The number of carbonyl (C=O) groups is 4. The lowest BCUT2D eigenvalue weighted by atomic mass is 9.87. The molecule has 354 valence electrons. The van der Waals surface area contributed by atoms with Crippen LogP contribution in [0.3, 0.4) is 0 Å². The molecule has 0 aliphatic carbocycles. The zero-order valence-corrected chi connectivity index (χ0v) is 37.3. The summed E-state index contributed by atoms with van der Waals surface area (Å²) >= 11 is 0. The number of piperazine rings is 1. The Morgan fingerprint density at radius 1 is 0.955 bits per heavy atom. The Labute approximate surface area is 382 Å². The van der Waals surface area contributed by atoms with Crippen molar-refractivity contribution in [3.8, 4) is 11.1 Å². The maximum absolute atomic E-state index is 15.6. The Morgan fingerprint density at radius 2 is 1.69 bits per heavy atom. The summed E-state index contributed by atoms with van der Waals surface area (Å²) < 4.78 is 87.3. The number of amides is 3. The molecule has 0 saturated carbocycles. The lowest BCUT2D eigenvalue weighted by molar-refractivity contribution is -0.138. The maximum atomic E-state index is 15.6. The molecule has 3 fully saturated rings. The molecule has 0 radical (unpaired) electrons. The molecular weight excluding hydrogens is 901 g/mol. The summed E-state index contributed by atoms with van der Waals surface area (Å²) in [5.41, 5.74) is -1.09. The number of aromatic amines is 1. The predicted molar refractivity (Wildman–Crippen MR) is 241 cm³/mol. The lowest BCUT2D eigenvalue weighted by Crippen LogP contribution is -2.52. The van der Waals surface area contributed by atoms with Crippen molar-refractivity contribution in [2.75, 3.05) is 72.7 Å². The van der Waals surface area contributed by atoms with Crippen LogP contribution in [0.1, 0.15) is 66.9 Å². The highest BCUT2D eigenvalue weighted by Crippen LogP contribution is 2.37. The minimum Gasteiger partial charge on any atom is -0.389 e. The van der Waals surface area contributed by atoms with Crippen molar-refractivity contribution in [1.29, 1.82) is 0 Å². The smallest absolute Gasteiger partial charge is 0.301 e. The van der Waals surface area contributed by atoms with Crippen LogP contribution in [0.4, 0.5) is 40.4 Å². The van der Waals surface area contributed by atoms with Gasteiger partial charge in [-0.05, 0) is 67.8 Å². The molecule has 6 heterocycles. The van der Waals surface area contributed by atoms with Crippen molar-refractivity contribution >= 4 is 67.6 Å². The number of hydrogen-bond acceptors (Lipinski definition) is 12. The average molecular weight is 949 g/mol. The number of fused-ring (bicyclic) bond motifs is 1. The standard InChI is InChI=1S/C45H48F4N10O7S/c1-3-56(2)67(65,66)55-33-7-6-32(46)39(40(33)47)41(62)31-25-52-43-29(31)20-27(24-51-43)26-4-10-36(50-23-26)58-16-18-59(19-17-58)38(61)22-45(64)12-14-57(15-13-45)35-9-5-28(21-30(35)42(48)49)53-34-8-11-37(60)54-44(34)63/h4-7,9-10,20-21,23-25,34,42,53,55,64H,3,8,11-19,22H2,1-2H3,(H,51,52)(H,54,60,63). The topological polar surface area (TPSA) is 213 Å². The second-order valence-electron chi connectivity index (χ2n) is 16.8. The summed E-state index contributed by atoms with van der Waals surface area (Å²) in [6, 6.07) is 10.7. The van der Waals surface area contributed by atoms with Gasteiger partial charge in [-0.2, -0.15) is 12.7 Å². The minimum atomic E-state index is -4.17. The van der Waals surface area contributed by atoms with Crippen LogP contribution in [0.5, 0.6) is 0 Å². The lowest BCUT2D eigenvalue weighted by Gasteiger charge is -2.41. The first-order chi connectivity index (χ1) is 31.9. The molecule has 8 rings (SSSR count). The number of carbonyl (C=O) groups excluding carboxylic acids is 4. The molecule has 0 spiro atoms. The number of anilines is 4. The SMILES string of the molecule is CCN(C)S(=O)(=O)Nc1ccc(F)c(C(=O)c2c[nH]c3ncc(-c4ccc(N5CCN(C(=O)CC6(O)CCN(c7ccc(NC8CCC(=O)NC8=O)cc7C(F)F)CC6)CC5)nc4)cc23)c1F. The molecule has 67 heavy (non-hydrogen) atoms. The van der Waals surface area contributed by atoms with Crippen LogP contribution in [0, 0.1) is 11.6 Å². The second kappa shape index (κ2) is 18.9. The molecule has 2 aromatic carbocycles.